The van der Waals surface area contributed by atoms with Crippen molar-refractivity contribution in [3.8, 4) is 5.75 Å². The number of halogens is 2. The molecular formula is C15H10BrFO2. The molecule has 1 aliphatic heterocycles. The number of Topliss-reactive ketones (excluding diaryl/α,β-unsaturated/α-hetero) is 1. The number of rotatable bonds is 1. The molecule has 3 rings (SSSR count). The fraction of sp³-hybridized carbons (Fsp3) is 0.133. The molecule has 1 atom stereocenters. The van der Waals surface area contributed by atoms with Gasteiger partial charge in [0.1, 0.15) is 17.7 Å². The van der Waals surface area contributed by atoms with Gasteiger partial charge in [-0.25, -0.2) is 4.39 Å². The zero-order chi connectivity index (χ0) is 13.4. The van der Waals surface area contributed by atoms with Gasteiger partial charge in [-0.15, -0.1) is 0 Å². The minimum absolute atomic E-state index is 0.0484. The quantitative estimate of drug-likeness (QED) is 0.783. The van der Waals surface area contributed by atoms with Gasteiger partial charge in [0.2, 0.25) is 0 Å². The highest BCUT2D eigenvalue weighted by Gasteiger charge is 2.27. The zero-order valence-corrected chi connectivity index (χ0v) is 11.5. The molecule has 1 heterocycles. The maximum absolute atomic E-state index is 13.2. The van der Waals surface area contributed by atoms with Crippen molar-refractivity contribution in [2.24, 2.45) is 0 Å². The minimum Gasteiger partial charge on any atom is -0.484 e. The van der Waals surface area contributed by atoms with Crippen LogP contribution in [-0.4, -0.2) is 5.78 Å². The van der Waals surface area contributed by atoms with E-state index >= 15 is 0 Å². The maximum atomic E-state index is 13.2. The summed E-state index contributed by atoms with van der Waals surface area (Å²) in [6.07, 6.45) is -0.0889. The highest BCUT2D eigenvalue weighted by atomic mass is 79.9. The van der Waals surface area contributed by atoms with Gasteiger partial charge in [-0.1, -0.05) is 18.2 Å². The van der Waals surface area contributed by atoms with E-state index in [1.807, 2.05) is 12.1 Å². The third-order valence-electron chi connectivity index (χ3n) is 3.14. The summed E-state index contributed by atoms with van der Waals surface area (Å²) in [6, 6.07) is 11.8. The fourth-order valence-electron chi connectivity index (χ4n) is 2.17. The number of ether oxygens (including phenoxy) is 1. The number of para-hydroxylation sites is 1. The van der Waals surface area contributed by atoms with E-state index in [1.54, 1.807) is 24.3 Å². The molecule has 0 N–H and O–H groups in total. The molecule has 2 aromatic carbocycles. The van der Waals surface area contributed by atoms with Crippen LogP contribution in [0.2, 0.25) is 0 Å². The van der Waals surface area contributed by atoms with Gasteiger partial charge >= 0.3 is 0 Å². The summed E-state index contributed by atoms with van der Waals surface area (Å²) >= 11 is 3.14. The summed E-state index contributed by atoms with van der Waals surface area (Å²) in [4.78, 5) is 12.1. The third-order valence-corrected chi connectivity index (χ3v) is 3.75. The number of hydrogen-bond acceptors (Lipinski definition) is 2. The van der Waals surface area contributed by atoms with Crippen molar-refractivity contribution < 1.29 is 13.9 Å². The minimum atomic E-state index is -0.362. The van der Waals surface area contributed by atoms with Gasteiger partial charge in [-0.2, -0.15) is 0 Å². The van der Waals surface area contributed by atoms with E-state index in [9.17, 15) is 9.18 Å². The van der Waals surface area contributed by atoms with Crippen LogP contribution in [0, 0.1) is 5.82 Å². The van der Waals surface area contributed by atoms with Crippen molar-refractivity contribution in [3.05, 3.63) is 63.9 Å². The first-order valence-electron chi connectivity index (χ1n) is 5.89. The van der Waals surface area contributed by atoms with Crippen molar-refractivity contribution in [1.29, 1.82) is 0 Å². The zero-order valence-electron chi connectivity index (χ0n) is 9.90. The maximum Gasteiger partial charge on any atom is 0.170 e. The molecule has 2 aromatic rings. The van der Waals surface area contributed by atoms with E-state index in [0.29, 0.717) is 15.8 Å². The predicted molar refractivity (Wildman–Crippen MR) is 72.9 cm³/mol. The van der Waals surface area contributed by atoms with Crippen molar-refractivity contribution in [3.63, 3.8) is 0 Å². The summed E-state index contributed by atoms with van der Waals surface area (Å²) in [5, 5.41) is 0. The average molecular weight is 321 g/mol. The van der Waals surface area contributed by atoms with Gasteiger partial charge in [0, 0.05) is 0 Å². The van der Waals surface area contributed by atoms with Gasteiger partial charge < -0.3 is 4.74 Å². The highest BCUT2D eigenvalue weighted by Crippen LogP contribution is 2.35. The average Bonchev–Trinajstić information content (AvgIpc) is 2.42. The number of ketones is 1. The molecule has 0 radical (unpaired) electrons. The molecule has 0 amide bonds. The van der Waals surface area contributed by atoms with Crippen LogP contribution < -0.4 is 4.74 Å². The lowest BCUT2D eigenvalue weighted by Gasteiger charge is -2.25. The lowest BCUT2D eigenvalue weighted by atomic mass is 9.96. The van der Waals surface area contributed by atoms with Crippen LogP contribution in [0.15, 0.2) is 46.9 Å². The number of carbonyl (C=O) groups is 1. The first-order chi connectivity index (χ1) is 9.15. The van der Waals surface area contributed by atoms with Crippen LogP contribution in [-0.2, 0) is 0 Å². The number of fused-ring (bicyclic) bond motifs is 1. The Bertz CT molecular complexity index is 654. The molecule has 2 nitrogen and oxygen atoms in total. The molecule has 0 bridgehead atoms. The standard InChI is InChI=1S/C15H10BrFO2/c16-11-7-9(5-6-12(11)17)15-8-13(18)10-3-1-2-4-14(10)19-15/h1-7,15H,8H2. The Hall–Kier alpha value is -1.68. The molecule has 19 heavy (non-hydrogen) atoms. The van der Waals surface area contributed by atoms with Gasteiger partial charge in [-0.05, 0) is 45.8 Å². The van der Waals surface area contributed by atoms with Gasteiger partial charge in [0.05, 0.1) is 16.5 Å². The normalized spacial score (nSPS) is 17.8. The van der Waals surface area contributed by atoms with E-state index in [4.69, 9.17) is 4.74 Å². The molecule has 0 fully saturated rings. The summed E-state index contributed by atoms with van der Waals surface area (Å²) in [5.74, 6) is 0.308. The van der Waals surface area contributed by atoms with Crippen LogP contribution in [0.5, 0.6) is 5.75 Å². The molecule has 96 valence electrons. The number of hydrogen-bond donors (Lipinski definition) is 0. The van der Waals surface area contributed by atoms with Crippen LogP contribution >= 0.6 is 15.9 Å². The molecule has 0 aromatic heterocycles. The van der Waals surface area contributed by atoms with E-state index in [2.05, 4.69) is 15.9 Å². The van der Waals surface area contributed by atoms with Gasteiger partial charge in [0.25, 0.3) is 0 Å². The first kappa shape index (κ1) is 12.4. The fourth-order valence-corrected chi connectivity index (χ4v) is 2.57. The molecule has 1 aliphatic rings. The Kier molecular flexibility index (Phi) is 3.11. The van der Waals surface area contributed by atoms with Crippen molar-refractivity contribution in [1.82, 2.24) is 0 Å². The Labute approximate surface area is 118 Å². The smallest absolute Gasteiger partial charge is 0.170 e. The SMILES string of the molecule is O=C1CC(c2ccc(F)c(Br)c2)Oc2ccccc21. The Morgan fingerprint density at radius 1 is 1.21 bits per heavy atom. The Morgan fingerprint density at radius 2 is 2.00 bits per heavy atom. The second-order valence-corrected chi connectivity index (χ2v) is 5.26. The topological polar surface area (TPSA) is 26.3 Å². The van der Waals surface area contributed by atoms with Crippen molar-refractivity contribution in [2.75, 3.05) is 0 Å². The highest BCUT2D eigenvalue weighted by molar-refractivity contribution is 9.10. The lowest BCUT2D eigenvalue weighted by molar-refractivity contribution is 0.0850. The monoisotopic (exact) mass is 320 g/mol. The Morgan fingerprint density at radius 3 is 2.79 bits per heavy atom. The first-order valence-corrected chi connectivity index (χ1v) is 6.68. The number of benzene rings is 2. The van der Waals surface area contributed by atoms with Crippen LogP contribution in [0.25, 0.3) is 0 Å². The second kappa shape index (κ2) is 4.78. The van der Waals surface area contributed by atoms with Crippen LogP contribution in [0.1, 0.15) is 28.4 Å². The summed E-state index contributed by atoms with van der Waals surface area (Å²) in [5.41, 5.74) is 1.40. The summed E-state index contributed by atoms with van der Waals surface area (Å²) in [7, 11) is 0. The second-order valence-electron chi connectivity index (χ2n) is 4.40. The molecule has 1 unspecified atom stereocenters. The van der Waals surface area contributed by atoms with E-state index in [0.717, 1.165) is 5.56 Å². The molecule has 0 saturated heterocycles. The lowest BCUT2D eigenvalue weighted by Crippen LogP contribution is -2.20. The molecule has 0 aliphatic carbocycles. The van der Waals surface area contributed by atoms with E-state index < -0.39 is 0 Å². The number of carbonyl (C=O) groups excluding carboxylic acids is 1. The summed E-state index contributed by atoms with van der Waals surface area (Å²) < 4.78 is 19.4. The van der Waals surface area contributed by atoms with Gasteiger partial charge in [0.15, 0.2) is 5.78 Å². The van der Waals surface area contributed by atoms with E-state index in [-0.39, 0.29) is 24.1 Å². The van der Waals surface area contributed by atoms with E-state index in [1.165, 1.54) is 6.07 Å². The van der Waals surface area contributed by atoms with Gasteiger partial charge in [-0.3, -0.25) is 4.79 Å². The summed E-state index contributed by atoms with van der Waals surface area (Å²) in [6.45, 7) is 0. The molecule has 4 heteroatoms. The molecule has 0 saturated carbocycles. The largest absolute Gasteiger partial charge is 0.484 e. The predicted octanol–water partition coefficient (Wildman–Crippen LogP) is 4.29. The molecule has 0 spiro atoms. The van der Waals surface area contributed by atoms with Crippen molar-refractivity contribution >= 4 is 21.7 Å². The Balaban J connectivity index is 1.96. The van der Waals surface area contributed by atoms with Crippen molar-refractivity contribution in [2.45, 2.75) is 12.5 Å². The van der Waals surface area contributed by atoms with Crippen LogP contribution in [0.4, 0.5) is 4.39 Å². The third kappa shape index (κ3) is 2.28. The van der Waals surface area contributed by atoms with Crippen LogP contribution in [0.3, 0.4) is 0 Å². The molecular weight excluding hydrogens is 311 g/mol.